The molecular weight excluding hydrogens is 194 g/mol. The maximum absolute atomic E-state index is 5.90. The highest BCUT2D eigenvalue weighted by Crippen LogP contribution is 2.23. The first-order valence-corrected chi connectivity index (χ1v) is 4.82. The van der Waals surface area contributed by atoms with Gasteiger partial charge in [0.1, 0.15) is 10.5 Å². The van der Waals surface area contributed by atoms with Crippen LogP contribution in [0.15, 0.2) is 5.51 Å². The number of thiazole rings is 1. The second kappa shape index (κ2) is 2.95. The minimum Gasteiger partial charge on any atom is -0.225 e. The highest BCUT2D eigenvalue weighted by atomic mass is 35.5. The van der Waals surface area contributed by atoms with E-state index in [0.717, 1.165) is 16.9 Å². The number of nitrogens with zero attached hydrogens (tertiary/aromatic N) is 3. The quantitative estimate of drug-likeness (QED) is 0.662. The minimum atomic E-state index is 0.513. The first kappa shape index (κ1) is 7.89. The minimum absolute atomic E-state index is 0.513. The van der Waals surface area contributed by atoms with Crippen LogP contribution in [0, 0.1) is 0 Å². The van der Waals surface area contributed by atoms with E-state index in [0.29, 0.717) is 10.8 Å². The summed E-state index contributed by atoms with van der Waals surface area (Å²) >= 11 is 7.37. The van der Waals surface area contributed by atoms with Crippen molar-refractivity contribution in [3.8, 4) is 0 Å². The molecule has 2 aromatic heterocycles. The van der Waals surface area contributed by atoms with Crippen LogP contribution in [0.25, 0.3) is 10.3 Å². The highest BCUT2D eigenvalue weighted by molar-refractivity contribution is 7.17. The molecule has 12 heavy (non-hydrogen) atoms. The van der Waals surface area contributed by atoms with E-state index in [4.69, 9.17) is 11.6 Å². The van der Waals surface area contributed by atoms with Gasteiger partial charge >= 0.3 is 0 Å². The molecule has 0 spiro atoms. The Labute approximate surface area is 78.4 Å². The first-order valence-electron chi connectivity index (χ1n) is 3.57. The summed E-state index contributed by atoms with van der Waals surface area (Å²) < 4.78 is 0.869. The summed E-state index contributed by atoms with van der Waals surface area (Å²) in [7, 11) is 0. The molecule has 0 aliphatic carbocycles. The molecule has 2 aromatic rings. The molecule has 0 aliphatic rings. The van der Waals surface area contributed by atoms with Gasteiger partial charge in [-0.05, 0) is 0 Å². The van der Waals surface area contributed by atoms with Gasteiger partial charge < -0.3 is 0 Å². The fourth-order valence-electron chi connectivity index (χ4n) is 0.930. The van der Waals surface area contributed by atoms with E-state index < -0.39 is 0 Å². The molecule has 0 atom stereocenters. The van der Waals surface area contributed by atoms with E-state index in [1.807, 2.05) is 6.92 Å². The lowest BCUT2D eigenvalue weighted by Crippen LogP contribution is -1.92. The Balaban J connectivity index is 2.75. The van der Waals surface area contributed by atoms with E-state index in [1.54, 1.807) is 5.51 Å². The zero-order valence-electron chi connectivity index (χ0n) is 6.41. The Morgan fingerprint density at radius 2 is 2.33 bits per heavy atom. The van der Waals surface area contributed by atoms with E-state index in [1.165, 1.54) is 11.3 Å². The smallest absolute Gasteiger partial charge is 0.175 e. The third-order valence-corrected chi connectivity index (χ3v) is 2.72. The maximum atomic E-state index is 5.90. The summed E-state index contributed by atoms with van der Waals surface area (Å²) in [6.07, 6.45) is 0.785. The van der Waals surface area contributed by atoms with Gasteiger partial charge in [0.25, 0.3) is 0 Å². The lowest BCUT2D eigenvalue weighted by molar-refractivity contribution is 0.957. The van der Waals surface area contributed by atoms with Crippen molar-refractivity contribution in [3.05, 3.63) is 16.5 Å². The summed E-state index contributed by atoms with van der Waals surface area (Å²) in [5.41, 5.74) is 2.43. The summed E-state index contributed by atoms with van der Waals surface area (Å²) in [5.74, 6) is 0.749. The summed E-state index contributed by atoms with van der Waals surface area (Å²) in [5, 5.41) is 0.513. The molecule has 0 bridgehead atoms. The van der Waals surface area contributed by atoms with E-state index >= 15 is 0 Å². The van der Waals surface area contributed by atoms with Gasteiger partial charge in [-0.15, -0.1) is 11.3 Å². The number of rotatable bonds is 1. The fourth-order valence-corrected chi connectivity index (χ4v) is 1.85. The van der Waals surface area contributed by atoms with E-state index in [-0.39, 0.29) is 0 Å². The zero-order chi connectivity index (χ0) is 8.55. The lowest BCUT2D eigenvalue weighted by atomic mass is 10.4. The predicted molar refractivity (Wildman–Crippen MR) is 49.6 cm³/mol. The Morgan fingerprint density at radius 3 is 3.08 bits per heavy atom. The van der Waals surface area contributed by atoms with Crippen molar-refractivity contribution in [3.63, 3.8) is 0 Å². The maximum Gasteiger partial charge on any atom is 0.175 e. The van der Waals surface area contributed by atoms with Gasteiger partial charge in [0, 0.05) is 6.42 Å². The summed E-state index contributed by atoms with van der Waals surface area (Å²) in [6.45, 7) is 1.99. The van der Waals surface area contributed by atoms with Gasteiger partial charge in [-0.3, -0.25) is 0 Å². The zero-order valence-corrected chi connectivity index (χ0v) is 7.98. The SMILES string of the molecule is CCc1nc(Cl)c2scnc2n1. The molecule has 0 N–H and O–H groups in total. The van der Waals surface area contributed by atoms with Gasteiger partial charge in [0.2, 0.25) is 0 Å². The number of aryl methyl sites for hydroxylation is 1. The molecule has 0 unspecified atom stereocenters. The first-order chi connectivity index (χ1) is 5.81. The van der Waals surface area contributed by atoms with Crippen LogP contribution in [0.5, 0.6) is 0 Å². The number of hydrogen-bond acceptors (Lipinski definition) is 4. The van der Waals surface area contributed by atoms with Gasteiger partial charge in [-0.2, -0.15) is 0 Å². The molecule has 62 valence electrons. The second-order valence-electron chi connectivity index (χ2n) is 2.29. The standard InChI is InChI=1S/C7H6ClN3S/c1-2-4-10-6(8)5-7(11-4)9-3-12-5/h3H,2H2,1H3. The number of hydrogen-bond donors (Lipinski definition) is 0. The van der Waals surface area contributed by atoms with Crippen molar-refractivity contribution in [2.45, 2.75) is 13.3 Å². The Morgan fingerprint density at radius 1 is 1.50 bits per heavy atom. The van der Waals surface area contributed by atoms with Crippen LogP contribution in [-0.4, -0.2) is 15.0 Å². The monoisotopic (exact) mass is 199 g/mol. The summed E-state index contributed by atoms with van der Waals surface area (Å²) in [4.78, 5) is 12.4. The molecule has 0 amide bonds. The van der Waals surface area contributed by atoms with Crippen molar-refractivity contribution in [1.29, 1.82) is 0 Å². The van der Waals surface area contributed by atoms with Crippen LogP contribution < -0.4 is 0 Å². The van der Waals surface area contributed by atoms with Gasteiger partial charge in [0.05, 0.1) is 5.51 Å². The van der Waals surface area contributed by atoms with Gasteiger partial charge in [-0.25, -0.2) is 15.0 Å². The van der Waals surface area contributed by atoms with Crippen LogP contribution in [-0.2, 0) is 6.42 Å². The molecule has 0 saturated carbocycles. The van der Waals surface area contributed by atoms with Crippen molar-refractivity contribution < 1.29 is 0 Å². The van der Waals surface area contributed by atoms with Crippen LogP contribution in [0.4, 0.5) is 0 Å². The van der Waals surface area contributed by atoms with Crippen LogP contribution >= 0.6 is 22.9 Å². The van der Waals surface area contributed by atoms with Crippen LogP contribution in [0.2, 0.25) is 5.15 Å². The van der Waals surface area contributed by atoms with Crippen molar-refractivity contribution in [2.75, 3.05) is 0 Å². The number of fused-ring (bicyclic) bond motifs is 1. The fraction of sp³-hybridized carbons (Fsp3) is 0.286. The van der Waals surface area contributed by atoms with Crippen molar-refractivity contribution >= 4 is 33.3 Å². The topological polar surface area (TPSA) is 38.7 Å². The predicted octanol–water partition coefficient (Wildman–Crippen LogP) is 2.30. The molecule has 5 heteroatoms. The molecular formula is C7H6ClN3S. The van der Waals surface area contributed by atoms with Crippen LogP contribution in [0.1, 0.15) is 12.7 Å². The Hall–Kier alpha value is -0.740. The van der Waals surface area contributed by atoms with Gasteiger partial charge in [0.15, 0.2) is 10.8 Å². The largest absolute Gasteiger partial charge is 0.225 e. The molecule has 0 saturated heterocycles. The highest BCUT2D eigenvalue weighted by Gasteiger charge is 2.06. The third kappa shape index (κ3) is 1.17. The van der Waals surface area contributed by atoms with Crippen molar-refractivity contribution in [1.82, 2.24) is 15.0 Å². The molecule has 0 radical (unpaired) electrons. The third-order valence-electron chi connectivity index (χ3n) is 1.51. The Bertz CT molecular complexity index is 412. The molecule has 2 rings (SSSR count). The average molecular weight is 200 g/mol. The van der Waals surface area contributed by atoms with Crippen LogP contribution in [0.3, 0.4) is 0 Å². The number of halogens is 1. The second-order valence-corrected chi connectivity index (χ2v) is 3.50. The molecule has 0 aromatic carbocycles. The van der Waals surface area contributed by atoms with E-state index in [9.17, 15) is 0 Å². The molecule has 0 fully saturated rings. The van der Waals surface area contributed by atoms with Crippen molar-refractivity contribution in [2.24, 2.45) is 0 Å². The molecule has 2 heterocycles. The average Bonchev–Trinajstić information content (AvgIpc) is 2.52. The molecule has 0 aliphatic heterocycles. The lowest BCUT2D eigenvalue weighted by Gasteiger charge is -1.95. The molecule has 3 nitrogen and oxygen atoms in total. The normalized spacial score (nSPS) is 10.8. The number of aromatic nitrogens is 3. The Kier molecular flexibility index (Phi) is 1.94. The van der Waals surface area contributed by atoms with E-state index in [2.05, 4.69) is 15.0 Å². The summed E-state index contributed by atoms with van der Waals surface area (Å²) in [6, 6.07) is 0. The van der Waals surface area contributed by atoms with Gasteiger partial charge in [-0.1, -0.05) is 18.5 Å².